The Morgan fingerprint density at radius 3 is 2.12 bits per heavy atom. The molecule has 0 aromatic carbocycles. The van der Waals surface area contributed by atoms with Crippen molar-refractivity contribution >= 4 is 13.5 Å². The summed E-state index contributed by atoms with van der Waals surface area (Å²) in [5.41, 5.74) is -0.104. The van der Waals surface area contributed by atoms with Crippen molar-refractivity contribution in [3.63, 3.8) is 0 Å². The molecule has 0 fully saturated rings. The van der Waals surface area contributed by atoms with Crippen LogP contribution in [0.15, 0.2) is 0 Å². The zero-order chi connectivity index (χ0) is 13.0. The van der Waals surface area contributed by atoms with Gasteiger partial charge in [-0.25, -0.2) is 0 Å². The Kier molecular flexibility index (Phi) is 5.74. The molecule has 0 aliphatic carbocycles. The molecule has 0 N–H and O–H groups in total. The van der Waals surface area contributed by atoms with Crippen LogP contribution in [0.1, 0.15) is 54.4 Å². The third-order valence-corrected chi connectivity index (χ3v) is 3.07. The summed E-state index contributed by atoms with van der Waals surface area (Å²) in [6, 6.07) is 0. The Hall–Kier alpha value is -0.305. The summed E-state index contributed by atoms with van der Waals surface area (Å²) in [6.45, 7) is 13.3. The first kappa shape index (κ1) is 15.7. The molecular weight excluding hydrogens is 199 g/mol. The van der Waals surface area contributed by atoms with E-state index in [1.54, 1.807) is 7.85 Å². The number of carbonyl (C=O) groups is 1. The molecule has 94 valence electrons. The van der Waals surface area contributed by atoms with E-state index in [2.05, 4.69) is 27.7 Å². The van der Waals surface area contributed by atoms with Crippen molar-refractivity contribution in [1.29, 1.82) is 0 Å². The molecule has 2 nitrogen and oxygen atoms in total. The maximum Gasteiger partial charge on any atom is 0.187 e. The minimum atomic E-state index is -0.256. The standard InChI is InChI=1S/C13H27BO2/c1-10(2)9-13(5,6)16-8-7-12(3,4)11(14)15/h10H,7-9,14H2,1-6H3. The van der Waals surface area contributed by atoms with E-state index in [9.17, 15) is 4.79 Å². The molecule has 0 radical (unpaired) electrons. The second-order valence-electron chi connectivity index (χ2n) is 6.40. The van der Waals surface area contributed by atoms with Crippen LogP contribution in [0.25, 0.3) is 0 Å². The largest absolute Gasteiger partial charge is 0.376 e. The van der Waals surface area contributed by atoms with Crippen LogP contribution in [0.4, 0.5) is 0 Å². The fourth-order valence-corrected chi connectivity index (χ4v) is 1.80. The van der Waals surface area contributed by atoms with Gasteiger partial charge < -0.3 is 9.53 Å². The molecule has 0 unspecified atom stereocenters. The van der Waals surface area contributed by atoms with Gasteiger partial charge in [-0.05, 0) is 32.6 Å². The van der Waals surface area contributed by atoms with Crippen LogP contribution < -0.4 is 0 Å². The molecule has 0 rings (SSSR count). The van der Waals surface area contributed by atoms with E-state index in [0.29, 0.717) is 12.5 Å². The predicted octanol–water partition coefficient (Wildman–Crippen LogP) is 2.40. The van der Waals surface area contributed by atoms with Gasteiger partial charge in [0.05, 0.1) is 11.3 Å². The van der Waals surface area contributed by atoms with Gasteiger partial charge in [-0.15, -0.1) is 0 Å². The number of ether oxygens (including phenoxy) is 1. The van der Waals surface area contributed by atoms with Crippen molar-refractivity contribution in [2.45, 2.75) is 60.0 Å². The highest BCUT2D eigenvalue weighted by molar-refractivity contribution is 6.58. The van der Waals surface area contributed by atoms with Gasteiger partial charge in [0.1, 0.15) is 0 Å². The smallest absolute Gasteiger partial charge is 0.187 e. The SMILES string of the molecule is BC(=O)C(C)(C)CCOC(C)(C)CC(C)C. The zero-order valence-corrected chi connectivity index (χ0v) is 12.0. The third kappa shape index (κ3) is 6.31. The summed E-state index contributed by atoms with van der Waals surface area (Å²) in [6.07, 6.45) is 1.84. The van der Waals surface area contributed by atoms with Crippen molar-refractivity contribution in [2.75, 3.05) is 6.61 Å². The molecule has 0 amide bonds. The van der Waals surface area contributed by atoms with Gasteiger partial charge in [0, 0.05) is 12.0 Å². The Bertz CT molecular complexity index is 232. The normalized spacial score (nSPS) is 13.2. The van der Waals surface area contributed by atoms with Crippen LogP contribution in [0.5, 0.6) is 0 Å². The number of carbonyl (C=O) groups excluding carboxylic acids is 1. The van der Waals surface area contributed by atoms with Gasteiger partial charge in [0.25, 0.3) is 0 Å². The first-order valence-electron chi connectivity index (χ1n) is 6.22. The highest BCUT2D eigenvalue weighted by Gasteiger charge is 2.25. The minimum Gasteiger partial charge on any atom is -0.376 e. The van der Waals surface area contributed by atoms with E-state index in [-0.39, 0.29) is 16.7 Å². The second-order valence-corrected chi connectivity index (χ2v) is 6.40. The molecule has 0 atom stereocenters. The molecule has 0 aliphatic rings. The maximum absolute atomic E-state index is 11.3. The van der Waals surface area contributed by atoms with Crippen LogP contribution in [-0.2, 0) is 9.53 Å². The first-order chi connectivity index (χ1) is 7.07. The molecule has 0 saturated carbocycles. The Labute approximate surface area is 102 Å². The lowest BCUT2D eigenvalue weighted by molar-refractivity contribution is -0.121. The van der Waals surface area contributed by atoms with Crippen LogP contribution in [-0.4, -0.2) is 25.7 Å². The van der Waals surface area contributed by atoms with Crippen molar-refractivity contribution in [3.05, 3.63) is 0 Å². The summed E-state index contributed by atoms with van der Waals surface area (Å²) in [4.78, 5) is 11.3. The Morgan fingerprint density at radius 1 is 1.25 bits per heavy atom. The van der Waals surface area contributed by atoms with E-state index >= 15 is 0 Å². The molecule has 3 heteroatoms. The highest BCUT2D eigenvalue weighted by Crippen LogP contribution is 2.24. The van der Waals surface area contributed by atoms with Crippen molar-refractivity contribution in [2.24, 2.45) is 11.3 Å². The van der Waals surface area contributed by atoms with Gasteiger partial charge in [-0.2, -0.15) is 0 Å². The lowest BCUT2D eigenvalue weighted by Gasteiger charge is -2.29. The molecule has 0 saturated heterocycles. The van der Waals surface area contributed by atoms with Gasteiger partial charge in [-0.3, -0.25) is 0 Å². The van der Waals surface area contributed by atoms with E-state index < -0.39 is 0 Å². The Balaban J connectivity index is 4.02. The first-order valence-corrected chi connectivity index (χ1v) is 6.22. The van der Waals surface area contributed by atoms with E-state index in [1.165, 1.54) is 0 Å². The number of hydrogen-bond acceptors (Lipinski definition) is 2. The van der Waals surface area contributed by atoms with Crippen molar-refractivity contribution < 1.29 is 9.53 Å². The average molecular weight is 226 g/mol. The van der Waals surface area contributed by atoms with Crippen LogP contribution in [0.2, 0.25) is 0 Å². The molecule has 0 bridgehead atoms. The Morgan fingerprint density at radius 2 is 1.75 bits per heavy atom. The van der Waals surface area contributed by atoms with Crippen molar-refractivity contribution in [3.8, 4) is 0 Å². The van der Waals surface area contributed by atoms with E-state index in [4.69, 9.17) is 4.74 Å². The molecule has 0 aromatic heterocycles. The fourth-order valence-electron chi connectivity index (χ4n) is 1.80. The lowest BCUT2D eigenvalue weighted by atomic mass is 9.75. The number of hydrogen-bond donors (Lipinski definition) is 0. The molecule has 0 aromatic rings. The maximum atomic E-state index is 11.3. The van der Waals surface area contributed by atoms with Crippen LogP contribution in [0.3, 0.4) is 0 Å². The topological polar surface area (TPSA) is 26.3 Å². The summed E-state index contributed by atoms with van der Waals surface area (Å²) in [5, 5.41) is 0. The van der Waals surface area contributed by atoms with Crippen LogP contribution in [0, 0.1) is 11.3 Å². The summed E-state index contributed by atoms with van der Waals surface area (Å²) in [5.74, 6) is 0.635. The van der Waals surface area contributed by atoms with Crippen LogP contribution >= 0.6 is 0 Å². The van der Waals surface area contributed by atoms with E-state index in [0.717, 1.165) is 12.8 Å². The van der Waals surface area contributed by atoms with Crippen molar-refractivity contribution in [1.82, 2.24) is 0 Å². The molecule has 0 heterocycles. The third-order valence-electron chi connectivity index (χ3n) is 3.07. The van der Waals surface area contributed by atoms with Gasteiger partial charge in [0.2, 0.25) is 0 Å². The monoisotopic (exact) mass is 226 g/mol. The van der Waals surface area contributed by atoms with Gasteiger partial charge >= 0.3 is 0 Å². The minimum absolute atomic E-state index is 0.0823. The summed E-state index contributed by atoms with van der Waals surface area (Å²) >= 11 is 0. The average Bonchev–Trinajstić information content (AvgIpc) is 1.99. The molecule has 16 heavy (non-hydrogen) atoms. The fraction of sp³-hybridized carbons (Fsp3) is 0.923. The van der Waals surface area contributed by atoms with Gasteiger partial charge in [0.15, 0.2) is 7.85 Å². The predicted molar refractivity (Wildman–Crippen MR) is 71.4 cm³/mol. The van der Waals surface area contributed by atoms with Gasteiger partial charge in [-0.1, -0.05) is 27.7 Å². The molecule has 0 aliphatic heterocycles. The zero-order valence-electron chi connectivity index (χ0n) is 12.0. The summed E-state index contributed by atoms with van der Waals surface area (Å²) < 4.78 is 5.87. The molecule has 0 spiro atoms. The van der Waals surface area contributed by atoms with E-state index in [1.807, 2.05) is 13.8 Å². The number of rotatable bonds is 7. The highest BCUT2D eigenvalue weighted by atomic mass is 16.5. The second kappa shape index (κ2) is 5.86. The lowest BCUT2D eigenvalue weighted by Crippen LogP contribution is -2.31. The summed E-state index contributed by atoms with van der Waals surface area (Å²) in [7, 11) is 1.65. The molecular formula is C13H27BO2. The quantitative estimate of drug-likeness (QED) is 0.623.